The number of aromatic nitrogens is 2. The number of rotatable bonds is 3. The van der Waals surface area contributed by atoms with Gasteiger partial charge in [-0.25, -0.2) is 13.6 Å². The van der Waals surface area contributed by atoms with Gasteiger partial charge in [-0.05, 0) is 29.8 Å². The van der Waals surface area contributed by atoms with Gasteiger partial charge in [0.2, 0.25) is 0 Å². The number of hydrogen-bond acceptors (Lipinski definition) is 4. The Bertz CT molecular complexity index is 1200. The van der Waals surface area contributed by atoms with Crippen LogP contribution in [0.1, 0.15) is 22.4 Å². The molecule has 1 aliphatic heterocycles. The van der Waals surface area contributed by atoms with E-state index < -0.39 is 23.8 Å². The van der Waals surface area contributed by atoms with Crippen LogP contribution in [0.4, 0.5) is 22.0 Å². The number of nitrogens with one attached hydrogen (secondary N) is 1. The Hall–Kier alpha value is -3.78. The van der Waals surface area contributed by atoms with Gasteiger partial charge in [-0.3, -0.25) is 10.00 Å². The average Bonchev–Trinajstić information content (AvgIpc) is 3.18. The number of carboxylic acid groups (broad SMARTS) is 1. The summed E-state index contributed by atoms with van der Waals surface area (Å²) < 4.78 is 59.5. The standard InChI is InChI=1S/C20H16F2N4.C2HF3O2/c21-15-5-6-18(22)16(9-15)20-17-12-26(8-7-19(17)24-25-20)11-14-4-2-1-3-13(14)10-23;3-2(4,5)1(6)7/h1-6,9H,7-8,11-12H2,(H,24,25);(H,6,7). The Morgan fingerprint density at radius 3 is 2.58 bits per heavy atom. The lowest BCUT2D eigenvalue weighted by Crippen LogP contribution is -2.30. The molecular weight excluding hydrogens is 447 g/mol. The summed E-state index contributed by atoms with van der Waals surface area (Å²) in [5.41, 5.74) is 4.07. The van der Waals surface area contributed by atoms with Crippen LogP contribution in [0.25, 0.3) is 11.3 Å². The van der Waals surface area contributed by atoms with Crippen LogP contribution in [-0.2, 0) is 24.3 Å². The summed E-state index contributed by atoms with van der Waals surface area (Å²) in [4.78, 5) is 11.1. The molecule has 0 bridgehead atoms. The van der Waals surface area contributed by atoms with Gasteiger partial charge in [-0.2, -0.15) is 23.5 Å². The number of nitrogens with zero attached hydrogens (tertiary/aromatic N) is 3. The predicted molar refractivity (Wildman–Crippen MR) is 107 cm³/mol. The molecular formula is C22H17F5N4O2. The molecule has 0 atom stereocenters. The number of benzene rings is 2. The maximum atomic E-state index is 14.2. The number of alkyl halides is 3. The van der Waals surface area contributed by atoms with Crippen LogP contribution in [0.15, 0.2) is 42.5 Å². The van der Waals surface area contributed by atoms with Gasteiger partial charge in [0.1, 0.15) is 11.6 Å². The van der Waals surface area contributed by atoms with Crippen molar-refractivity contribution in [2.24, 2.45) is 0 Å². The molecule has 4 rings (SSSR count). The number of hydrogen-bond donors (Lipinski definition) is 2. The Kier molecular flexibility index (Phi) is 7.08. The molecule has 0 unspecified atom stereocenters. The first-order valence-electron chi connectivity index (χ1n) is 9.62. The highest BCUT2D eigenvalue weighted by atomic mass is 19.4. The van der Waals surface area contributed by atoms with E-state index in [2.05, 4.69) is 21.2 Å². The van der Waals surface area contributed by atoms with Gasteiger partial charge >= 0.3 is 12.1 Å². The molecule has 3 aromatic rings. The van der Waals surface area contributed by atoms with E-state index in [-0.39, 0.29) is 5.56 Å². The van der Waals surface area contributed by atoms with Gasteiger partial charge in [0.15, 0.2) is 0 Å². The fourth-order valence-electron chi connectivity index (χ4n) is 3.40. The lowest BCUT2D eigenvalue weighted by molar-refractivity contribution is -0.192. The molecule has 0 spiro atoms. The second kappa shape index (κ2) is 9.79. The number of carbonyl (C=O) groups is 1. The fourth-order valence-corrected chi connectivity index (χ4v) is 3.40. The van der Waals surface area contributed by atoms with Crippen molar-refractivity contribution in [3.05, 3.63) is 76.5 Å². The van der Waals surface area contributed by atoms with E-state index in [1.807, 2.05) is 18.2 Å². The number of carboxylic acids is 1. The molecule has 11 heteroatoms. The molecule has 2 N–H and O–H groups in total. The van der Waals surface area contributed by atoms with Crippen molar-refractivity contribution in [3.8, 4) is 17.3 Å². The first-order chi connectivity index (χ1) is 15.6. The van der Waals surface area contributed by atoms with Crippen LogP contribution < -0.4 is 0 Å². The molecule has 1 aromatic heterocycles. The van der Waals surface area contributed by atoms with Crippen LogP contribution in [0.2, 0.25) is 0 Å². The number of aliphatic carboxylic acids is 1. The van der Waals surface area contributed by atoms with Crippen molar-refractivity contribution < 1.29 is 31.9 Å². The van der Waals surface area contributed by atoms with Gasteiger partial charge in [-0.15, -0.1) is 0 Å². The van der Waals surface area contributed by atoms with E-state index in [1.54, 1.807) is 6.07 Å². The minimum atomic E-state index is -5.08. The zero-order valence-electron chi connectivity index (χ0n) is 17.0. The zero-order chi connectivity index (χ0) is 24.2. The molecule has 2 heterocycles. The molecule has 172 valence electrons. The summed E-state index contributed by atoms with van der Waals surface area (Å²) in [6.07, 6.45) is -4.34. The van der Waals surface area contributed by atoms with Crippen LogP contribution in [0.5, 0.6) is 0 Å². The third-order valence-electron chi connectivity index (χ3n) is 4.97. The predicted octanol–water partition coefficient (Wildman–Crippen LogP) is 4.42. The normalized spacial score (nSPS) is 13.5. The fraction of sp³-hybridized carbons (Fsp3) is 0.227. The quantitative estimate of drug-likeness (QED) is 0.560. The van der Waals surface area contributed by atoms with Gasteiger partial charge in [-0.1, -0.05) is 18.2 Å². The van der Waals surface area contributed by atoms with E-state index in [1.165, 1.54) is 6.07 Å². The zero-order valence-corrected chi connectivity index (χ0v) is 17.0. The van der Waals surface area contributed by atoms with Gasteiger partial charge in [0.05, 0.1) is 17.3 Å². The SMILES string of the molecule is N#Cc1ccccc1CN1CCc2[nH]nc(-c3cc(F)ccc3F)c2C1.O=C(O)C(F)(F)F. The summed E-state index contributed by atoms with van der Waals surface area (Å²) in [5, 5.41) is 23.6. The number of H-pyrrole nitrogens is 1. The van der Waals surface area contributed by atoms with E-state index >= 15 is 0 Å². The lowest BCUT2D eigenvalue weighted by Gasteiger charge is -2.27. The topological polar surface area (TPSA) is 93.0 Å². The van der Waals surface area contributed by atoms with Crippen molar-refractivity contribution in [2.45, 2.75) is 25.7 Å². The summed E-state index contributed by atoms with van der Waals surface area (Å²) >= 11 is 0. The Morgan fingerprint density at radius 2 is 1.91 bits per heavy atom. The van der Waals surface area contributed by atoms with Crippen molar-refractivity contribution in [1.82, 2.24) is 15.1 Å². The average molecular weight is 464 g/mol. The van der Waals surface area contributed by atoms with Crippen molar-refractivity contribution in [3.63, 3.8) is 0 Å². The number of halogens is 5. The summed E-state index contributed by atoms with van der Waals surface area (Å²) in [7, 11) is 0. The molecule has 2 aromatic carbocycles. The lowest BCUT2D eigenvalue weighted by atomic mass is 9.99. The third kappa shape index (κ3) is 5.72. The maximum Gasteiger partial charge on any atom is 0.490 e. The molecule has 0 saturated heterocycles. The Labute approximate surface area is 184 Å². The minimum Gasteiger partial charge on any atom is -0.475 e. The van der Waals surface area contributed by atoms with Gasteiger partial charge in [0, 0.05) is 42.9 Å². The van der Waals surface area contributed by atoms with Crippen LogP contribution in [0.3, 0.4) is 0 Å². The summed E-state index contributed by atoms with van der Waals surface area (Å²) in [6.45, 7) is 2.00. The second-order valence-electron chi connectivity index (χ2n) is 7.19. The molecule has 0 radical (unpaired) electrons. The van der Waals surface area contributed by atoms with E-state index in [9.17, 15) is 27.2 Å². The smallest absolute Gasteiger partial charge is 0.475 e. The van der Waals surface area contributed by atoms with Crippen molar-refractivity contribution in [2.75, 3.05) is 6.54 Å². The largest absolute Gasteiger partial charge is 0.490 e. The van der Waals surface area contributed by atoms with Crippen LogP contribution in [-0.4, -0.2) is 38.9 Å². The van der Waals surface area contributed by atoms with Gasteiger partial charge in [0.25, 0.3) is 0 Å². The highest BCUT2D eigenvalue weighted by Crippen LogP contribution is 2.31. The van der Waals surface area contributed by atoms with Crippen LogP contribution in [0, 0.1) is 23.0 Å². The molecule has 0 fully saturated rings. The molecule has 6 nitrogen and oxygen atoms in total. The Balaban J connectivity index is 0.000000383. The molecule has 0 aliphatic carbocycles. The monoisotopic (exact) mass is 464 g/mol. The van der Waals surface area contributed by atoms with E-state index in [0.717, 1.165) is 41.9 Å². The Morgan fingerprint density at radius 1 is 1.21 bits per heavy atom. The maximum absolute atomic E-state index is 14.2. The molecule has 0 saturated carbocycles. The molecule has 33 heavy (non-hydrogen) atoms. The number of fused-ring (bicyclic) bond motifs is 1. The molecule has 0 amide bonds. The third-order valence-corrected chi connectivity index (χ3v) is 4.97. The van der Waals surface area contributed by atoms with E-state index in [4.69, 9.17) is 9.90 Å². The van der Waals surface area contributed by atoms with Crippen molar-refractivity contribution >= 4 is 5.97 Å². The highest BCUT2D eigenvalue weighted by molar-refractivity contribution is 5.73. The molecule has 1 aliphatic rings. The first kappa shape index (κ1) is 23.9. The van der Waals surface area contributed by atoms with Crippen molar-refractivity contribution in [1.29, 1.82) is 5.26 Å². The van der Waals surface area contributed by atoms with Crippen LogP contribution >= 0.6 is 0 Å². The highest BCUT2D eigenvalue weighted by Gasteiger charge is 2.38. The van der Waals surface area contributed by atoms with Gasteiger partial charge < -0.3 is 5.11 Å². The summed E-state index contributed by atoms with van der Waals surface area (Å²) in [6, 6.07) is 13.1. The summed E-state index contributed by atoms with van der Waals surface area (Å²) in [5.74, 6) is -3.74. The first-order valence-corrected chi connectivity index (χ1v) is 9.62. The minimum absolute atomic E-state index is 0.168. The second-order valence-corrected chi connectivity index (χ2v) is 7.19. The number of nitriles is 1. The van der Waals surface area contributed by atoms with E-state index in [0.29, 0.717) is 24.3 Å². The number of aromatic amines is 1.